The zero-order valence-electron chi connectivity index (χ0n) is 11.2. The van der Waals surface area contributed by atoms with Crippen molar-refractivity contribution in [3.8, 4) is 0 Å². The first kappa shape index (κ1) is 13.9. The molecule has 2 rings (SSSR count). The van der Waals surface area contributed by atoms with Crippen molar-refractivity contribution < 1.29 is 9.18 Å². The van der Waals surface area contributed by atoms with Crippen molar-refractivity contribution in [3.63, 3.8) is 0 Å². The normalized spacial score (nSPS) is 11.8. The lowest BCUT2D eigenvalue weighted by atomic mass is 10.1. The molecule has 0 bridgehead atoms. The van der Waals surface area contributed by atoms with Gasteiger partial charge in [0.15, 0.2) is 5.69 Å². The average molecular weight is 274 g/mol. The zero-order chi connectivity index (χ0) is 14.5. The van der Waals surface area contributed by atoms with Crippen molar-refractivity contribution in [2.45, 2.75) is 13.0 Å². The Morgan fingerprint density at radius 1 is 1.15 bits per heavy atom. The summed E-state index contributed by atoms with van der Waals surface area (Å²) in [5.74, 6) is 0.000726. The van der Waals surface area contributed by atoms with Crippen LogP contribution in [0.25, 0.3) is 0 Å². The standard InChI is InChI=1S/C14H15FN4O/c1-9(10-3-5-11(15)6-4-10)17-13-8-7-12(18-19-13)14(20)16-2/h3-9H,1-2H3,(H,16,20)(H,17,19). The van der Waals surface area contributed by atoms with Crippen molar-refractivity contribution in [1.29, 1.82) is 0 Å². The summed E-state index contributed by atoms with van der Waals surface area (Å²) in [7, 11) is 1.53. The summed E-state index contributed by atoms with van der Waals surface area (Å²) in [4.78, 5) is 11.3. The summed E-state index contributed by atoms with van der Waals surface area (Å²) in [5, 5.41) is 13.4. The van der Waals surface area contributed by atoms with Gasteiger partial charge in [-0.05, 0) is 36.8 Å². The van der Waals surface area contributed by atoms with E-state index in [1.165, 1.54) is 19.2 Å². The molecular formula is C14H15FN4O. The summed E-state index contributed by atoms with van der Waals surface area (Å²) >= 11 is 0. The van der Waals surface area contributed by atoms with Crippen LogP contribution in [0.4, 0.5) is 10.2 Å². The third kappa shape index (κ3) is 3.28. The maximum Gasteiger partial charge on any atom is 0.271 e. The second-order valence-electron chi connectivity index (χ2n) is 4.30. The van der Waals surface area contributed by atoms with Crippen molar-refractivity contribution in [1.82, 2.24) is 15.5 Å². The van der Waals surface area contributed by atoms with Crippen LogP contribution in [0.1, 0.15) is 29.0 Å². The Morgan fingerprint density at radius 3 is 2.40 bits per heavy atom. The molecule has 2 aromatic rings. The number of aromatic nitrogens is 2. The highest BCUT2D eigenvalue weighted by atomic mass is 19.1. The quantitative estimate of drug-likeness (QED) is 0.896. The first-order valence-electron chi connectivity index (χ1n) is 6.18. The third-order valence-corrected chi connectivity index (χ3v) is 2.86. The Kier molecular flexibility index (Phi) is 4.24. The van der Waals surface area contributed by atoms with Crippen molar-refractivity contribution >= 4 is 11.7 Å². The number of nitrogens with zero attached hydrogens (tertiary/aromatic N) is 2. The van der Waals surface area contributed by atoms with Gasteiger partial charge < -0.3 is 10.6 Å². The number of carbonyl (C=O) groups excluding carboxylic acids is 1. The van der Waals surface area contributed by atoms with E-state index < -0.39 is 0 Å². The summed E-state index contributed by atoms with van der Waals surface area (Å²) < 4.78 is 12.9. The summed E-state index contributed by atoms with van der Waals surface area (Å²) in [5.41, 5.74) is 1.19. The molecule has 5 nitrogen and oxygen atoms in total. The van der Waals surface area contributed by atoms with E-state index in [1.54, 1.807) is 24.3 Å². The van der Waals surface area contributed by atoms with Gasteiger partial charge in [0.2, 0.25) is 0 Å². The van der Waals surface area contributed by atoms with Gasteiger partial charge in [-0.1, -0.05) is 12.1 Å². The smallest absolute Gasteiger partial charge is 0.271 e. The number of hydrogen-bond donors (Lipinski definition) is 2. The number of carbonyl (C=O) groups is 1. The molecule has 1 amide bonds. The fraction of sp³-hybridized carbons (Fsp3) is 0.214. The molecule has 1 aromatic heterocycles. The van der Waals surface area contributed by atoms with Gasteiger partial charge in [0.25, 0.3) is 5.91 Å². The van der Waals surface area contributed by atoms with E-state index in [1.807, 2.05) is 6.92 Å². The van der Waals surface area contributed by atoms with Crippen LogP contribution < -0.4 is 10.6 Å². The number of hydrogen-bond acceptors (Lipinski definition) is 4. The Labute approximate surface area is 116 Å². The van der Waals surface area contributed by atoms with Gasteiger partial charge in [0, 0.05) is 7.05 Å². The summed E-state index contributed by atoms with van der Waals surface area (Å²) in [6, 6.07) is 9.46. The van der Waals surface area contributed by atoms with E-state index in [0.717, 1.165) is 5.56 Å². The molecule has 0 aliphatic rings. The van der Waals surface area contributed by atoms with Crippen molar-refractivity contribution in [2.24, 2.45) is 0 Å². The molecule has 20 heavy (non-hydrogen) atoms. The average Bonchev–Trinajstić information content (AvgIpc) is 2.48. The predicted octanol–water partition coefficient (Wildman–Crippen LogP) is 2.15. The molecule has 0 saturated carbocycles. The highest BCUT2D eigenvalue weighted by molar-refractivity contribution is 5.91. The molecule has 104 valence electrons. The molecule has 0 radical (unpaired) electrons. The Bertz CT molecular complexity index is 583. The lowest BCUT2D eigenvalue weighted by Crippen LogP contribution is -2.20. The number of rotatable bonds is 4. The number of benzene rings is 1. The van der Waals surface area contributed by atoms with Crippen LogP contribution in [0.15, 0.2) is 36.4 Å². The van der Waals surface area contributed by atoms with E-state index in [2.05, 4.69) is 20.8 Å². The molecule has 1 aromatic carbocycles. The first-order valence-corrected chi connectivity index (χ1v) is 6.18. The Balaban J connectivity index is 2.06. The molecule has 0 spiro atoms. The highest BCUT2D eigenvalue weighted by Gasteiger charge is 2.08. The molecular weight excluding hydrogens is 259 g/mol. The van der Waals surface area contributed by atoms with Crippen LogP contribution >= 0.6 is 0 Å². The van der Waals surface area contributed by atoms with Crippen LogP contribution in [0.3, 0.4) is 0 Å². The van der Waals surface area contributed by atoms with Crippen molar-refractivity contribution in [3.05, 3.63) is 53.5 Å². The molecule has 0 saturated heterocycles. The van der Waals surface area contributed by atoms with E-state index >= 15 is 0 Å². The first-order chi connectivity index (χ1) is 9.60. The third-order valence-electron chi connectivity index (χ3n) is 2.86. The summed E-state index contributed by atoms with van der Waals surface area (Å²) in [6.45, 7) is 1.93. The number of anilines is 1. The molecule has 0 aliphatic carbocycles. The van der Waals surface area contributed by atoms with Gasteiger partial charge in [0.1, 0.15) is 11.6 Å². The molecule has 1 heterocycles. The largest absolute Gasteiger partial charge is 0.362 e. The van der Waals surface area contributed by atoms with Gasteiger partial charge in [-0.25, -0.2) is 4.39 Å². The fourth-order valence-corrected chi connectivity index (χ4v) is 1.72. The topological polar surface area (TPSA) is 66.9 Å². The second kappa shape index (κ2) is 6.10. The maximum atomic E-state index is 12.9. The highest BCUT2D eigenvalue weighted by Crippen LogP contribution is 2.17. The van der Waals surface area contributed by atoms with E-state index in [9.17, 15) is 9.18 Å². The Morgan fingerprint density at radius 2 is 1.85 bits per heavy atom. The fourth-order valence-electron chi connectivity index (χ4n) is 1.72. The van der Waals surface area contributed by atoms with Crippen LogP contribution in [0.5, 0.6) is 0 Å². The van der Waals surface area contributed by atoms with Crippen molar-refractivity contribution in [2.75, 3.05) is 12.4 Å². The number of amides is 1. The summed E-state index contributed by atoms with van der Waals surface area (Å²) in [6.07, 6.45) is 0. The number of halogens is 1. The zero-order valence-corrected chi connectivity index (χ0v) is 11.2. The van der Waals surface area contributed by atoms with Gasteiger partial charge in [-0.15, -0.1) is 10.2 Å². The molecule has 6 heteroatoms. The molecule has 1 atom stereocenters. The van der Waals surface area contributed by atoms with E-state index in [-0.39, 0.29) is 23.5 Å². The van der Waals surface area contributed by atoms with Crippen LogP contribution in [-0.4, -0.2) is 23.2 Å². The minimum Gasteiger partial charge on any atom is -0.362 e. The monoisotopic (exact) mass is 274 g/mol. The van der Waals surface area contributed by atoms with Gasteiger partial charge >= 0.3 is 0 Å². The Hall–Kier alpha value is -2.50. The minimum atomic E-state index is -0.282. The molecule has 0 fully saturated rings. The lowest BCUT2D eigenvalue weighted by molar-refractivity contribution is 0.0957. The van der Waals surface area contributed by atoms with Gasteiger partial charge in [-0.3, -0.25) is 4.79 Å². The lowest BCUT2D eigenvalue weighted by Gasteiger charge is -2.14. The van der Waals surface area contributed by atoms with E-state index in [0.29, 0.717) is 5.82 Å². The second-order valence-corrected chi connectivity index (χ2v) is 4.30. The predicted molar refractivity (Wildman–Crippen MR) is 73.9 cm³/mol. The minimum absolute atomic E-state index is 0.0456. The van der Waals surface area contributed by atoms with E-state index in [4.69, 9.17) is 0 Å². The van der Waals surface area contributed by atoms with Gasteiger partial charge in [-0.2, -0.15) is 0 Å². The number of nitrogens with one attached hydrogen (secondary N) is 2. The van der Waals surface area contributed by atoms with Crippen LogP contribution in [0.2, 0.25) is 0 Å². The molecule has 0 aliphatic heterocycles. The molecule has 1 unspecified atom stereocenters. The molecule has 2 N–H and O–H groups in total. The van der Waals surface area contributed by atoms with Crippen LogP contribution in [-0.2, 0) is 0 Å². The maximum absolute atomic E-state index is 12.9. The van der Waals surface area contributed by atoms with Gasteiger partial charge in [0.05, 0.1) is 6.04 Å². The van der Waals surface area contributed by atoms with Crippen LogP contribution in [0, 0.1) is 5.82 Å². The SMILES string of the molecule is CNC(=O)c1ccc(NC(C)c2ccc(F)cc2)nn1.